The van der Waals surface area contributed by atoms with Gasteiger partial charge in [-0.1, -0.05) is 0 Å². The molecule has 6 nitrogen and oxygen atoms in total. The lowest BCUT2D eigenvalue weighted by Gasteiger charge is -2.38. The van der Waals surface area contributed by atoms with E-state index < -0.39 is 5.97 Å². The number of carboxylic acids is 1. The van der Waals surface area contributed by atoms with Gasteiger partial charge in [0, 0.05) is 32.7 Å². The Morgan fingerprint density at radius 1 is 1.24 bits per heavy atom. The fourth-order valence-corrected chi connectivity index (χ4v) is 3.53. The number of aliphatic carboxylic acids is 1. The number of hydrogen-bond acceptors (Lipinski definition) is 3. The molecule has 0 aromatic heterocycles. The average Bonchev–Trinajstić information content (AvgIpc) is 2.83. The Morgan fingerprint density at radius 2 is 2.00 bits per heavy atom. The smallest absolute Gasteiger partial charge is 0.320 e. The van der Waals surface area contributed by atoms with Gasteiger partial charge in [-0.3, -0.25) is 4.79 Å². The molecule has 2 atom stereocenters. The highest BCUT2D eigenvalue weighted by Gasteiger charge is 2.31. The second-order valence-electron chi connectivity index (χ2n) is 6.52. The van der Waals surface area contributed by atoms with E-state index in [1.165, 1.54) is 0 Å². The van der Waals surface area contributed by atoms with Crippen molar-refractivity contribution in [2.75, 3.05) is 40.3 Å². The topological polar surface area (TPSA) is 64.1 Å². The first-order chi connectivity index (χ1) is 9.97. The van der Waals surface area contributed by atoms with E-state index in [1.807, 2.05) is 7.05 Å². The van der Waals surface area contributed by atoms with Crippen molar-refractivity contribution >= 4 is 12.0 Å². The molecule has 21 heavy (non-hydrogen) atoms. The Labute approximate surface area is 126 Å². The van der Waals surface area contributed by atoms with Crippen molar-refractivity contribution in [2.24, 2.45) is 5.92 Å². The number of piperidine rings is 1. The van der Waals surface area contributed by atoms with Crippen LogP contribution in [-0.4, -0.2) is 78.1 Å². The largest absolute Gasteiger partial charge is 0.481 e. The van der Waals surface area contributed by atoms with Crippen LogP contribution in [0.3, 0.4) is 0 Å². The van der Waals surface area contributed by atoms with Gasteiger partial charge in [0.2, 0.25) is 0 Å². The van der Waals surface area contributed by atoms with E-state index in [4.69, 9.17) is 5.11 Å². The lowest BCUT2D eigenvalue weighted by molar-refractivity contribution is -0.138. The molecule has 2 amide bonds. The predicted molar refractivity (Wildman–Crippen MR) is 80.2 cm³/mol. The molecule has 1 N–H and O–H groups in total. The van der Waals surface area contributed by atoms with Crippen LogP contribution < -0.4 is 0 Å². The molecule has 2 aliphatic heterocycles. The monoisotopic (exact) mass is 297 g/mol. The number of rotatable bonds is 4. The minimum atomic E-state index is -0.820. The summed E-state index contributed by atoms with van der Waals surface area (Å²) in [6.45, 7) is 3.58. The normalized spacial score (nSPS) is 26.9. The third-order valence-electron chi connectivity index (χ3n) is 4.63. The van der Waals surface area contributed by atoms with Gasteiger partial charge >= 0.3 is 12.0 Å². The van der Waals surface area contributed by atoms with Crippen LogP contribution in [0.25, 0.3) is 0 Å². The molecule has 2 heterocycles. The minimum absolute atomic E-state index is 0.00416. The van der Waals surface area contributed by atoms with Gasteiger partial charge in [-0.2, -0.15) is 0 Å². The standard InChI is InChI=1S/C15H27N3O3/c1-16-8-6-12(10-16)11-17(2)15(21)18-7-4-3-5-13(18)9-14(19)20/h12-13H,3-11H2,1-2H3,(H,19,20). The average molecular weight is 297 g/mol. The number of nitrogens with zero attached hydrogens (tertiary/aromatic N) is 3. The Hall–Kier alpha value is -1.30. The summed E-state index contributed by atoms with van der Waals surface area (Å²) in [5.41, 5.74) is 0. The molecule has 120 valence electrons. The zero-order chi connectivity index (χ0) is 15.4. The third kappa shape index (κ3) is 4.33. The van der Waals surface area contributed by atoms with Gasteiger partial charge in [-0.05, 0) is 45.2 Å². The van der Waals surface area contributed by atoms with Crippen LogP contribution in [0.5, 0.6) is 0 Å². The summed E-state index contributed by atoms with van der Waals surface area (Å²) in [6, 6.07) is -0.145. The van der Waals surface area contributed by atoms with Gasteiger partial charge in [0.05, 0.1) is 6.42 Å². The summed E-state index contributed by atoms with van der Waals surface area (Å²) in [7, 11) is 3.95. The molecule has 2 saturated heterocycles. The summed E-state index contributed by atoms with van der Waals surface area (Å²) < 4.78 is 0. The highest BCUT2D eigenvalue weighted by molar-refractivity contribution is 5.76. The number of urea groups is 1. The van der Waals surface area contributed by atoms with Gasteiger partial charge < -0.3 is 19.8 Å². The van der Waals surface area contributed by atoms with Crippen molar-refractivity contribution in [1.82, 2.24) is 14.7 Å². The maximum absolute atomic E-state index is 12.6. The Bertz CT molecular complexity index is 388. The van der Waals surface area contributed by atoms with E-state index in [2.05, 4.69) is 11.9 Å². The molecule has 0 bridgehead atoms. The quantitative estimate of drug-likeness (QED) is 0.850. The van der Waals surface area contributed by atoms with Crippen LogP contribution in [0.1, 0.15) is 32.1 Å². The first kappa shape index (κ1) is 16.1. The van der Waals surface area contributed by atoms with E-state index in [1.54, 1.807) is 9.80 Å². The SMILES string of the molecule is CN1CCC(CN(C)C(=O)N2CCCCC2CC(=O)O)C1. The van der Waals surface area contributed by atoms with Crippen LogP contribution in [0, 0.1) is 5.92 Å². The fraction of sp³-hybridized carbons (Fsp3) is 0.867. The second-order valence-corrected chi connectivity index (χ2v) is 6.52. The summed E-state index contributed by atoms with van der Waals surface area (Å²) in [5.74, 6) is -0.286. The number of carbonyl (C=O) groups is 2. The van der Waals surface area contributed by atoms with E-state index in [9.17, 15) is 9.59 Å². The van der Waals surface area contributed by atoms with Gasteiger partial charge in [0.1, 0.15) is 0 Å². The summed E-state index contributed by atoms with van der Waals surface area (Å²) in [6.07, 6.45) is 3.98. The maximum atomic E-state index is 12.6. The predicted octanol–water partition coefficient (Wildman–Crippen LogP) is 1.32. The van der Waals surface area contributed by atoms with Crippen molar-refractivity contribution in [3.8, 4) is 0 Å². The molecule has 0 spiro atoms. The van der Waals surface area contributed by atoms with E-state index in [0.717, 1.165) is 45.3 Å². The van der Waals surface area contributed by atoms with Gasteiger partial charge in [0.25, 0.3) is 0 Å². The zero-order valence-corrected chi connectivity index (χ0v) is 13.1. The molecule has 2 fully saturated rings. The van der Waals surface area contributed by atoms with Gasteiger partial charge in [-0.25, -0.2) is 4.79 Å². The molecule has 2 rings (SSSR count). The number of carbonyl (C=O) groups excluding carboxylic acids is 1. The number of likely N-dealkylation sites (tertiary alicyclic amines) is 2. The van der Waals surface area contributed by atoms with Crippen LogP contribution in [0.15, 0.2) is 0 Å². The Balaban J connectivity index is 1.91. The van der Waals surface area contributed by atoms with Crippen molar-refractivity contribution in [3.63, 3.8) is 0 Å². The summed E-state index contributed by atoms with van der Waals surface area (Å²) >= 11 is 0. The molecule has 0 saturated carbocycles. The molecule has 6 heteroatoms. The van der Waals surface area contributed by atoms with Crippen LogP contribution >= 0.6 is 0 Å². The fourth-order valence-electron chi connectivity index (χ4n) is 3.53. The molecule has 0 aliphatic carbocycles. The summed E-state index contributed by atoms with van der Waals surface area (Å²) in [4.78, 5) is 29.4. The lowest BCUT2D eigenvalue weighted by atomic mass is 9.99. The maximum Gasteiger partial charge on any atom is 0.320 e. The Kier molecular flexibility index (Phi) is 5.45. The van der Waals surface area contributed by atoms with Gasteiger partial charge in [-0.15, -0.1) is 0 Å². The highest BCUT2D eigenvalue weighted by atomic mass is 16.4. The lowest BCUT2D eigenvalue weighted by Crippen LogP contribution is -2.50. The number of hydrogen-bond donors (Lipinski definition) is 1. The molecular weight excluding hydrogens is 270 g/mol. The van der Waals surface area contributed by atoms with Crippen molar-refractivity contribution in [1.29, 1.82) is 0 Å². The van der Waals surface area contributed by atoms with Crippen LogP contribution in [-0.2, 0) is 4.79 Å². The highest BCUT2D eigenvalue weighted by Crippen LogP contribution is 2.22. The van der Waals surface area contributed by atoms with E-state index in [-0.39, 0.29) is 18.5 Å². The van der Waals surface area contributed by atoms with E-state index >= 15 is 0 Å². The molecule has 0 aromatic rings. The molecule has 0 radical (unpaired) electrons. The molecule has 2 aliphatic rings. The minimum Gasteiger partial charge on any atom is -0.481 e. The van der Waals surface area contributed by atoms with Crippen molar-refractivity contribution in [2.45, 2.75) is 38.1 Å². The van der Waals surface area contributed by atoms with Crippen molar-refractivity contribution < 1.29 is 14.7 Å². The second kappa shape index (κ2) is 7.11. The molecule has 2 unspecified atom stereocenters. The molecule has 0 aromatic carbocycles. The van der Waals surface area contributed by atoms with Crippen LogP contribution in [0.4, 0.5) is 4.79 Å². The first-order valence-corrected chi connectivity index (χ1v) is 7.89. The van der Waals surface area contributed by atoms with Crippen molar-refractivity contribution in [3.05, 3.63) is 0 Å². The van der Waals surface area contributed by atoms with Gasteiger partial charge in [0.15, 0.2) is 0 Å². The molecular formula is C15H27N3O3. The number of amides is 2. The third-order valence-corrected chi connectivity index (χ3v) is 4.63. The Morgan fingerprint density at radius 3 is 2.62 bits per heavy atom. The first-order valence-electron chi connectivity index (χ1n) is 7.89. The number of carboxylic acid groups (broad SMARTS) is 1. The summed E-state index contributed by atoms with van der Waals surface area (Å²) in [5, 5.41) is 9.01. The van der Waals surface area contributed by atoms with Crippen LogP contribution in [0.2, 0.25) is 0 Å². The van der Waals surface area contributed by atoms with E-state index in [0.29, 0.717) is 12.5 Å². The zero-order valence-electron chi connectivity index (χ0n) is 13.1.